The fourth-order valence-corrected chi connectivity index (χ4v) is 3.05. The first-order chi connectivity index (χ1) is 12.9. The van der Waals surface area contributed by atoms with Crippen molar-refractivity contribution in [3.05, 3.63) is 59.3 Å². The molecule has 0 radical (unpaired) electrons. The van der Waals surface area contributed by atoms with E-state index in [-0.39, 0.29) is 24.0 Å². The fourth-order valence-electron chi connectivity index (χ4n) is 3.05. The van der Waals surface area contributed by atoms with Gasteiger partial charge in [-0.25, -0.2) is 0 Å². The van der Waals surface area contributed by atoms with Crippen molar-refractivity contribution in [2.45, 2.75) is 60.0 Å². The van der Waals surface area contributed by atoms with E-state index in [0.29, 0.717) is 12.0 Å². The molecule has 152 valence electrons. The van der Waals surface area contributed by atoms with Gasteiger partial charge in [-0.3, -0.25) is 14.4 Å². The van der Waals surface area contributed by atoms with E-state index in [1.54, 1.807) is 6.92 Å². The van der Waals surface area contributed by atoms with Crippen molar-refractivity contribution in [3.63, 3.8) is 0 Å². The Balaban J connectivity index is 2.97. The summed E-state index contributed by atoms with van der Waals surface area (Å²) in [5, 5.41) is 8.66. The first kappa shape index (κ1) is 23.3. The minimum atomic E-state index is -1.07. The van der Waals surface area contributed by atoms with Crippen LogP contribution in [-0.2, 0) is 19.1 Å². The Hall–Kier alpha value is -2.69. The largest absolute Gasteiger partial charge is 0.481 e. The van der Waals surface area contributed by atoms with E-state index in [9.17, 15) is 14.4 Å². The number of carboxylic acid groups (broad SMARTS) is 1. The summed E-state index contributed by atoms with van der Waals surface area (Å²) in [5.74, 6) is -1.96. The molecule has 0 aromatic carbocycles. The quantitative estimate of drug-likeness (QED) is 0.482. The number of carboxylic acids is 1. The zero-order valence-corrected chi connectivity index (χ0v) is 17.4. The maximum atomic E-state index is 12.7. The van der Waals surface area contributed by atoms with Crippen LogP contribution in [-0.4, -0.2) is 28.9 Å². The molecule has 1 rings (SSSR count). The monoisotopic (exact) mass is 386 g/mol. The van der Waals surface area contributed by atoms with Crippen LogP contribution in [0.5, 0.6) is 0 Å². The maximum Gasteiger partial charge on any atom is 0.307 e. The predicted molar refractivity (Wildman–Crippen MR) is 110 cm³/mol. The molecule has 1 N–H and O–H groups in total. The average molecular weight is 386 g/mol. The topological polar surface area (TPSA) is 80.7 Å². The first-order valence-electron chi connectivity index (χ1n) is 9.29. The van der Waals surface area contributed by atoms with E-state index >= 15 is 0 Å². The summed E-state index contributed by atoms with van der Waals surface area (Å²) in [4.78, 5) is 35.1. The Morgan fingerprint density at radius 1 is 1.25 bits per heavy atom. The van der Waals surface area contributed by atoms with Crippen LogP contribution in [0.15, 0.2) is 59.3 Å². The smallest absolute Gasteiger partial charge is 0.307 e. The Morgan fingerprint density at radius 2 is 1.89 bits per heavy atom. The van der Waals surface area contributed by atoms with Crippen LogP contribution < -0.4 is 0 Å². The molecule has 28 heavy (non-hydrogen) atoms. The highest BCUT2D eigenvalue weighted by atomic mass is 16.5. The predicted octanol–water partition coefficient (Wildman–Crippen LogP) is 4.71. The van der Waals surface area contributed by atoms with Gasteiger partial charge in [-0.1, -0.05) is 62.0 Å². The van der Waals surface area contributed by atoms with E-state index in [1.165, 1.54) is 0 Å². The van der Waals surface area contributed by atoms with Crippen LogP contribution >= 0.6 is 0 Å². The summed E-state index contributed by atoms with van der Waals surface area (Å²) >= 11 is 0. The number of ketones is 1. The molecule has 1 atom stereocenters. The molecule has 0 bridgehead atoms. The van der Waals surface area contributed by atoms with Gasteiger partial charge in [-0.2, -0.15) is 0 Å². The number of ether oxygens (including phenoxy) is 1. The molecule has 1 unspecified atom stereocenters. The third-order valence-corrected chi connectivity index (χ3v) is 4.56. The Labute approximate surface area is 167 Å². The van der Waals surface area contributed by atoms with Crippen LogP contribution in [0.3, 0.4) is 0 Å². The van der Waals surface area contributed by atoms with Gasteiger partial charge >= 0.3 is 11.9 Å². The third-order valence-electron chi connectivity index (χ3n) is 4.56. The lowest BCUT2D eigenvalue weighted by atomic mass is 9.71. The van der Waals surface area contributed by atoms with Gasteiger partial charge in [0.1, 0.15) is 0 Å². The van der Waals surface area contributed by atoms with Crippen molar-refractivity contribution < 1.29 is 24.2 Å². The van der Waals surface area contributed by atoms with Crippen LogP contribution in [0.25, 0.3) is 0 Å². The molecular weight excluding hydrogens is 356 g/mol. The van der Waals surface area contributed by atoms with Crippen molar-refractivity contribution in [2.24, 2.45) is 5.41 Å². The summed E-state index contributed by atoms with van der Waals surface area (Å²) in [5.41, 5.74) is 3.11. The average Bonchev–Trinajstić information content (AvgIpc) is 2.56. The lowest BCUT2D eigenvalue weighted by Gasteiger charge is -2.36. The molecule has 0 saturated heterocycles. The van der Waals surface area contributed by atoms with E-state index in [0.717, 1.165) is 16.7 Å². The summed E-state index contributed by atoms with van der Waals surface area (Å²) in [6, 6.07) is 0. The molecule has 0 saturated carbocycles. The molecule has 0 spiro atoms. The number of aliphatic carboxylic acids is 1. The Bertz CT molecular complexity index is 775. The number of Topliss-reactive ketones (excluding diaryl/α,β-unsaturated/α-hetero) is 1. The second-order valence-corrected chi connectivity index (χ2v) is 7.81. The minimum absolute atomic E-state index is 0.230. The normalized spacial score (nSPS) is 20.1. The van der Waals surface area contributed by atoms with Crippen molar-refractivity contribution >= 4 is 17.7 Å². The molecule has 0 heterocycles. The summed E-state index contributed by atoms with van der Waals surface area (Å²) in [6.45, 7) is 13.4. The van der Waals surface area contributed by atoms with E-state index in [1.807, 2.05) is 58.1 Å². The van der Waals surface area contributed by atoms with Gasteiger partial charge in [0.05, 0.1) is 12.8 Å². The van der Waals surface area contributed by atoms with Crippen LogP contribution in [0, 0.1) is 5.41 Å². The van der Waals surface area contributed by atoms with Crippen molar-refractivity contribution in [1.82, 2.24) is 0 Å². The number of hydrogen-bond donors (Lipinski definition) is 1. The fraction of sp³-hybridized carbons (Fsp3) is 0.435. The minimum Gasteiger partial charge on any atom is -0.481 e. The number of carbonyl (C=O) groups excluding carboxylic acids is 2. The highest BCUT2D eigenvalue weighted by Crippen LogP contribution is 2.40. The molecule has 0 aromatic rings. The molecule has 0 aliphatic heterocycles. The summed E-state index contributed by atoms with van der Waals surface area (Å²) in [6.07, 6.45) is 8.64. The second kappa shape index (κ2) is 10.0. The molecule has 1 aliphatic rings. The number of carbonyl (C=O) groups is 3. The van der Waals surface area contributed by atoms with E-state index in [4.69, 9.17) is 9.84 Å². The van der Waals surface area contributed by atoms with Gasteiger partial charge in [0, 0.05) is 6.42 Å². The molecule has 5 heteroatoms. The second-order valence-electron chi connectivity index (χ2n) is 7.81. The highest BCUT2D eigenvalue weighted by molar-refractivity contribution is 6.01. The molecule has 0 fully saturated rings. The lowest BCUT2D eigenvalue weighted by molar-refractivity contribution is -0.157. The van der Waals surface area contributed by atoms with E-state index < -0.39 is 18.0 Å². The standard InChI is InChI=1S/C23H30O5/c1-15(2)8-7-9-16(3)10-11-18-17(4)22(27)19(14-23(18,5)6)28-21(26)13-12-20(24)25/h7-11,19H,1,12-14H2,2-6H3,(H,24,25). The molecule has 1 aliphatic carbocycles. The Morgan fingerprint density at radius 3 is 2.46 bits per heavy atom. The van der Waals surface area contributed by atoms with Crippen LogP contribution in [0.1, 0.15) is 53.9 Å². The van der Waals surface area contributed by atoms with Crippen LogP contribution in [0.2, 0.25) is 0 Å². The summed E-state index contributed by atoms with van der Waals surface area (Å²) < 4.78 is 5.27. The van der Waals surface area contributed by atoms with E-state index in [2.05, 4.69) is 6.58 Å². The molecule has 0 aromatic heterocycles. The van der Waals surface area contributed by atoms with Gasteiger partial charge in [0.25, 0.3) is 0 Å². The summed E-state index contributed by atoms with van der Waals surface area (Å²) in [7, 11) is 0. The highest BCUT2D eigenvalue weighted by Gasteiger charge is 2.39. The van der Waals surface area contributed by atoms with Gasteiger partial charge in [0.15, 0.2) is 11.9 Å². The molecule has 5 nitrogen and oxygen atoms in total. The van der Waals surface area contributed by atoms with Gasteiger partial charge in [-0.05, 0) is 37.3 Å². The van der Waals surface area contributed by atoms with Gasteiger partial charge in [0.2, 0.25) is 0 Å². The molecule has 0 amide bonds. The van der Waals surface area contributed by atoms with Gasteiger partial charge < -0.3 is 9.84 Å². The van der Waals surface area contributed by atoms with Crippen molar-refractivity contribution in [1.29, 1.82) is 0 Å². The number of allylic oxidation sites excluding steroid dienone is 8. The maximum absolute atomic E-state index is 12.7. The third kappa shape index (κ3) is 7.14. The van der Waals surface area contributed by atoms with Gasteiger partial charge in [-0.15, -0.1) is 0 Å². The van der Waals surface area contributed by atoms with Crippen molar-refractivity contribution in [3.8, 4) is 0 Å². The molecular formula is C23H30O5. The van der Waals surface area contributed by atoms with Crippen molar-refractivity contribution in [2.75, 3.05) is 0 Å². The number of esters is 1. The zero-order valence-electron chi connectivity index (χ0n) is 17.4. The SMILES string of the molecule is C=C(C)C=CC=C(C)C=CC1=C(C)C(=O)C(OC(=O)CCC(=O)O)CC1(C)C. The Kier molecular flexibility index (Phi) is 8.35. The lowest BCUT2D eigenvalue weighted by Crippen LogP contribution is -2.39. The zero-order chi connectivity index (χ0) is 21.5. The number of hydrogen-bond acceptors (Lipinski definition) is 4. The van der Waals surface area contributed by atoms with Crippen LogP contribution in [0.4, 0.5) is 0 Å². The number of rotatable bonds is 8. The first-order valence-corrected chi connectivity index (χ1v) is 9.29.